The maximum Gasteiger partial charge on any atom is 0.227 e. The van der Waals surface area contributed by atoms with Gasteiger partial charge in [0.15, 0.2) is 29.1 Å². The topological polar surface area (TPSA) is 54.9 Å². The molecule has 23 heavy (non-hydrogen) atoms. The summed E-state index contributed by atoms with van der Waals surface area (Å²) in [7, 11) is 0. The largest absolute Gasteiger partial charge is 0.321 e. The SMILES string of the molecule is CCCCC(=O)c1c(F)c(F)c(F)c(F)c1Nc1ncccn1. The van der Waals surface area contributed by atoms with Crippen LogP contribution in [0.3, 0.4) is 0 Å². The number of halogens is 4. The molecule has 0 amide bonds. The Kier molecular flexibility index (Phi) is 5.25. The number of carbonyl (C=O) groups excluding carboxylic acids is 1. The number of benzene rings is 1. The zero-order valence-electron chi connectivity index (χ0n) is 12.2. The molecular weight excluding hydrogens is 314 g/mol. The van der Waals surface area contributed by atoms with Gasteiger partial charge in [-0.3, -0.25) is 4.79 Å². The predicted octanol–water partition coefficient (Wildman–Crippen LogP) is 4.15. The lowest BCUT2D eigenvalue weighted by atomic mass is 10.0. The molecule has 0 spiro atoms. The Morgan fingerprint density at radius 3 is 2.26 bits per heavy atom. The Hall–Kier alpha value is -2.51. The van der Waals surface area contributed by atoms with E-state index in [2.05, 4.69) is 15.3 Å². The Balaban J connectivity index is 2.56. The van der Waals surface area contributed by atoms with Gasteiger partial charge in [-0.1, -0.05) is 13.3 Å². The minimum absolute atomic E-state index is 0.123. The molecule has 122 valence electrons. The second-order valence-electron chi connectivity index (χ2n) is 4.73. The molecule has 0 aliphatic rings. The monoisotopic (exact) mass is 327 g/mol. The van der Waals surface area contributed by atoms with Gasteiger partial charge < -0.3 is 5.32 Å². The molecule has 4 nitrogen and oxygen atoms in total. The van der Waals surface area contributed by atoms with Crippen LogP contribution in [0.1, 0.15) is 36.5 Å². The maximum atomic E-state index is 14.0. The number of aromatic nitrogens is 2. The Morgan fingerprint density at radius 2 is 1.65 bits per heavy atom. The number of unbranched alkanes of at least 4 members (excludes halogenated alkanes) is 1. The quantitative estimate of drug-likeness (QED) is 0.375. The molecule has 0 saturated heterocycles. The number of hydrogen-bond acceptors (Lipinski definition) is 4. The van der Waals surface area contributed by atoms with Crippen LogP contribution in [0.2, 0.25) is 0 Å². The van der Waals surface area contributed by atoms with Gasteiger partial charge in [-0.05, 0) is 12.5 Å². The summed E-state index contributed by atoms with van der Waals surface area (Å²) in [5, 5.41) is 2.24. The molecule has 1 N–H and O–H groups in total. The molecule has 1 aromatic carbocycles. The molecular formula is C15H13F4N3O. The second kappa shape index (κ2) is 7.17. The normalized spacial score (nSPS) is 10.7. The summed E-state index contributed by atoms with van der Waals surface area (Å²) in [6, 6.07) is 1.47. The molecule has 0 aliphatic carbocycles. The number of anilines is 2. The number of ketones is 1. The Bertz CT molecular complexity index is 723. The first kappa shape index (κ1) is 16.9. The number of nitrogens with zero attached hydrogens (tertiary/aromatic N) is 2. The molecule has 0 bridgehead atoms. The van der Waals surface area contributed by atoms with E-state index in [1.807, 2.05) is 0 Å². The molecule has 2 rings (SSSR count). The van der Waals surface area contributed by atoms with Crippen molar-refractivity contribution in [3.63, 3.8) is 0 Å². The van der Waals surface area contributed by atoms with E-state index in [0.717, 1.165) is 0 Å². The second-order valence-corrected chi connectivity index (χ2v) is 4.73. The van der Waals surface area contributed by atoms with Crippen molar-refractivity contribution in [3.8, 4) is 0 Å². The standard InChI is InChI=1S/C15H13F4N3O/c1-2-3-5-8(23)9-10(16)11(17)12(18)13(19)14(9)22-15-20-6-4-7-21-15/h4,6-7H,2-3,5H2,1H3,(H,20,21,22). The van der Waals surface area contributed by atoms with Crippen LogP contribution in [-0.2, 0) is 0 Å². The summed E-state index contributed by atoms with van der Waals surface area (Å²) >= 11 is 0. The third-order valence-electron chi connectivity index (χ3n) is 3.11. The molecule has 0 unspecified atom stereocenters. The summed E-state index contributed by atoms with van der Waals surface area (Å²) < 4.78 is 54.9. The van der Waals surface area contributed by atoms with Crippen LogP contribution in [0, 0.1) is 23.3 Å². The van der Waals surface area contributed by atoms with Gasteiger partial charge in [0.25, 0.3) is 0 Å². The van der Waals surface area contributed by atoms with Crippen molar-refractivity contribution in [2.24, 2.45) is 0 Å². The number of Topliss-reactive ketones (excluding diaryl/α,β-unsaturated/α-hetero) is 1. The Morgan fingerprint density at radius 1 is 1.04 bits per heavy atom. The summed E-state index contributed by atoms with van der Waals surface area (Å²) in [5.41, 5.74) is -1.68. The highest BCUT2D eigenvalue weighted by Crippen LogP contribution is 2.31. The number of hydrogen-bond donors (Lipinski definition) is 1. The van der Waals surface area contributed by atoms with E-state index in [0.29, 0.717) is 12.8 Å². The lowest BCUT2D eigenvalue weighted by molar-refractivity contribution is 0.0975. The van der Waals surface area contributed by atoms with Crippen molar-refractivity contribution in [2.45, 2.75) is 26.2 Å². The van der Waals surface area contributed by atoms with Crippen LogP contribution in [0.25, 0.3) is 0 Å². The van der Waals surface area contributed by atoms with Gasteiger partial charge in [-0.15, -0.1) is 0 Å². The molecule has 2 aromatic rings. The number of nitrogens with one attached hydrogen (secondary N) is 1. The van der Waals surface area contributed by atoms with Crippen LogP contribution >= 0.6 is 0 Å². The van der Waals surface area contributed by atoms with Crippen molar-refractivity contribution in [1.82, 2.24) is 9.97 Å². The number of carbonyl (C=O) groups is 1. The minimum atomic E-state index is -2.03. The highest BCUT2D eigenvalue weighted by atomic mass is 19.2. The van der Waals surface area contributed by atoms with Crippen LogP contribution in [0.5, 0.6) is 0 Å². The van der Waals surface area contributed by atoms with Crippen molar-refractivity contribution < 1.29 is 22.4 Å². The minimum Gasteiger partial charge on any atom is -0.321 e. The maximum absolute atomic E-state index is 14.0. The summed E-state index contributed by atoms with van der Waals surface area (Å²) in [6.45, 7) is 1.80. The van der Waals surface area contributed by atoms with Crippen molar-refractivity contribution in [2.75, 3.05) is 5.32 Å². The lowest BCUT2D eigenvalue weighted by Crippen LogP contribution is -2.14. The van der Waals surface area contributed by atoms with Crippen LogP contribution in [0.15, 0.2) is 18.5 Å². The van der Waals surface area contributed by atoms with E-state index in [1.54, 1.807) is 6.92 Å². The summed E-state index contributed by atoms with van der Waals surface area (Å²) in [5.74, 6) is -8.48. The highest BCUT2D eigenvalue weighted by molar-refractivity contribution is 6.02. The third-order valence-corrected chi connectivity index (χ3v) is 3.11. The van der Waals surface area contributed by atoms with Crippen molar-refractivity contribution in [3.05, 3.63) is 47.3 Å². The van der Waals surface area contributed by atoms with Crippen molar-refractivity contribution >= 4 is 17.4 Å². The average Bonchev–Trinajstić information content (AvgIpc) is 2.56. The molecule has 0 atom stereocenters. The van der Waals surface area contributed by atoms with E-state index in [4.69, 9.17) is 0 Å². The first-order valence-corrected chi connectivity index (χ1v) is 6.90. The van der Waals surface area contributed by atoms with E-state index in [9.17, 15) is 22.4 Å². The van der Waals surface area contributed by atoms with Crippen LogP contribution in [-0.4, -0.2) is 15.8 Å². The first-order valence-electron chi connectivity index (χ1n) is 6.90. The van der Waals surface area contributed by atoms with Gasteiger partial charge in [0.1, 0.15) is 0 Å². The van der Waals surface area contributed by atoms with Gasteiger partial charge >= 0.3 is 0 Å². The first-order chi connectivity index (χ1) is 11.0. The van der Waals surface area contributed by atoms with Crippen LogP contribution < -0.4 is 5.32 Å². The molecule has 1 aromatic heterocycles. The van der Waals surface area contributed by atoms with Gasteiger partial charge in [-0.25, -0.2) is 27.5 Å². The molecule has 0 saturated carbocycles. The van der Waals surface area contributed by atoms with Gasteiger partial charge in [0, 0.05) is 18.8 Å². The fourth-order valence-corrected chi connectivity index (χ4v) is 1.95. The highest BCUT2D eigenvalue weighted by Gasteiger charge is 2.29. The molecule has 1 heterocycles. The van der Waals surface area contributed by atoms with Gasteiger partial charge in [0.2, 0.25) is 5.95 Å². The smallest absolute Gasteiger partial charge is 0.227 e. The van der Waals surface area contributed by atoms with E-state index >= 15 is 0 Å². The van der Waals surface area contributed by atoms with Gasteiger partial charge in [-0.2, -0.15) is 0 Å². The van der Waals surface area contributed by atoms with E-state index in [-0.39, 0.29) is 12.4 Å². The third kappa shape index (κ3) is 3.46. The van der Waals surface area contributed by atoms with Crippen molar-refractivity contribution in [1.29, 1.82) is 0 Å². The zero-order chi connectivity index (χ0) is 17.0. The van der Waals surface area contributed by atoms with E-state index < -0.39 is 40.3 Å². The molecule has 0 aliphatic heterocycles. The lowest BCUT2D eigenvalue weighted by Gasteiger charge is -2.13. The fourth-order valence-electron chi connectivity index (χ4n) is 1.95. The Labute approximate surface area is 129 Å². The van der Waals surface area contributed by atoms with Crippen LogP contribution in [0.4, 0.5) is 29.2 Å². The average molecular weight is 327 g/mol. The summed E-state index contributed by atoms with van der Waals surface area (Å²) in [4.78, 5) is 19.5. The number of rotatable bonds is 6. The molecule has 0 fully saturated rings. The predicted molar refractivity (Wildman–Crippen MR) is 75.4 cm³/mol. The molecule has 0 radical (unpaired) electrons. The summed E-state index contributed by atoms with van der Waals surface area (Å²) in [6.07, 6.45) is 3.52. The molecule has 8 heteroatoms. The van der Waals surface area contributed by atoms with E-state index in [1.165, 1.54) is 18.5 Å². The fraction of sp³-hybridized carbons (Fsp3) is 0.267. The van der Waals surface area contributed by atoms with Gasteiger partial charge in [0.05, 0.1) is 11.3 Å². The zero-order valence-corrected chi connectivity index (χ0v) is 12.2.